The molecule has 0 aliphatic carbocycles. The largest absolute Gasteiger partial charge is 0.493 e. The van der Waals surface area contributed by atoms with E-state index in [0.29, 0.717) is 17.3 Å². The van der Waals surface area contributed by atoms with Gasteiger partial charge in [0.15, 0.2) is 11.3 Å². The maximum absolute atomic E-state index is 10.9. The van der Waals surface area contributed by atoms with E-state index in [-0.39, 0.29) is 5.76 Å². The Bertz CT molecular complexity index is 566. The van der Waals surface area contributed by atoms with Gasteiger partial charge in [-0.15, -0.1) is 0 Å². The Morgan fingerprint density at radius 1 is 1.35 bits per heavy atom. The maximum atomic E-state index is 10.9. The molecule has 17 heavy (non-hydrogen) atoms. The number of furan rings is 1. The van der Waals surface area contributed by atoms with E-state index < -0.39 is 5.97 Å². The highest BCUT2D eigenvalue weighted by atomic mass is 16.5. The Morgan fingerprint density at radius 2 is 2.06 bits per heavy atom. The fourth-order valence-electron chi connectivity index (χ4n) is 1.73. The summed E-state index contributed by atoms with van der Waals surface area (Å²) in [5.41, 5.74) is 1.57. The highest BCUT2D eigenvalue weighted by Gasteiger charge is 2.15. The number of aromatic carboxylic acids is 1. The van der Waals surface area contributed by atoms with Crippen LogP contribution in [0, 0.1) is 0 Å². The number of ether oxygens (including phenoxy) is 1. The molecule has 0 unspecified atom stereocenters. The van der Waals surface area contributed by atoms with Gasteiger partial charge in [0.25, 0.3) is 0 Å². The van der Waals surface area contributed by atoms with Crippen molar-refractivity contribution in [2.75, 3.05) is 7.11 Å². The quantitative estimate of drug-likeness (QED) is 0.885. The molecule has 1 heterocycles. The van der Waals surface area contributed by atoms with Crippen molar-refractivity contribution < 1.29 is 19.1 Å². The molecule has 2 aromatic rings. The molecule has 0 radical (unpaired) electrons. The molecule has 0 aliphatic heterocycles. The van der Waals surface area contributed by atoms with E-state index in [1.165, 1.54) is 6.07 Å². The van der Waals surface area contributed by atoms with Crippen molar-refractivity contribution in [1.29, 1.82) is 0 Å². The van der Waals surface area contributed by atoms with Crippen LogP contribution in [0.1, 0.15) is 35.9 Å². The van der Waals surface area contributed by atoms with Crippen molar-refractivity contribution in [3.63, 3.8) is 0 Å². The third-order valence-electron chi connectivity index (χ3n) is 2.70. The van der Waals surface area contributed by atoms with E-state index in [2.05, 4.69) is 13.8 Å². The molecular weight excluding hydrogens is 220 g/mol. The molecule has 2 rings (SSSR count). The first kappa shape index (κ1) is 11.5. The number of benzene rings is 1. The Hall–Kier alpha value is -1.97. The van der Waals surface area contributed by atoms with E-state index in [4.69, 9.17) is 14.3 Å². The van der Waals surface area contributed by atoms with Crippen molar-refractivity contribution in [1.82, 2.24) is 0 Å². The van der Waals surface area contributed by atoms with Gasteiger partial charge in [-0.05, 0) is 29.7 Å². The summed E-state index contributed by atoms with van der Waals surface area (Å²) in [5.74, 6) is -0.233. The molecule has 0 bridgehead atoms. The zero-order chi connectivity index (χ0) is 12.6. The maximum Gasteiger partial charge on any atom is 0.371 e. The van der Waals surface area contributed by atoms with Crippen molar-refractivity contribution in [3.8, 4) is 5.75 Å². The summed E-state index contributed by atoms with van der Waals surface area (Å²) in [7, 11) is 1.54. The van der Waals surface area contributed by atoms with E-state index in [1.54, 1.807) is 7.11 Å². The molecule has 1 aromatic carbocycles. The molecule has 0 amide bonds. The number of carboxylic acid groups (broad SMARTS) is 1. The predicted molar refractivity (Wildman–Crippen MR) is 63.8 cm³/mol. The van der Waals surface area contributed by atoms with Crippen LogP contribution in [0.15, 0.2) is 22.6 Å². The Balaban J connectivity index is 2.69. The summed E-state index contributed by atoms with van der Waals surface area (Å²) in [5, 5.41) is 9.65. The van der Waals surface area contributed by atoms with Crippen LogP contribution in [0.25, 0.3) is 11.0 Å². The van der Waals surface area contributed by atoms with Gasteiger partial charge in [0, 0.05) is 5.39 Å². The van der Waals surface area contributed by atoms with Gasteiger partial charge in [-0.1, -0.05) is 13.8 Å². The fraction of sp³-hybridized carbons (Fsp3) is 0.308. The third-order valence-corrected chi connectivity index (χ3v) is 2.70. The second kappa shape index (κ2) is 4.13. The summed E-state index contributed by atoms with van der Waals surface area (Å²) < 4.78 is 10.5. The third kappa shape index (κ3) is 1.98. The van der Waals surface area contributed by atoms with E-state index >= 15 is 0 Å². The molecule has 0 saturated heterocycles. The van der Waals surface area contributed by atoms with Crippen LogP contribution in [0.4, 0.5) is 0 Å². The average Bonchev–Trinajstić information content (AvgIpc) is 2.71. The summed E-state index contributed by atoms with van der Waals surface area (Å²) in [6.45, 7) is 4.14. The topological polar surface area (TPSA) is 59.7 Å². The summed E-state index contributed by atoms with van der Waals surface area (Å²) in [4.78, 5) is 10.9. The lowest BCUT2D eigenvalue weighted by Crippen LogP contribution is -1.91. The second-order valence-electron chi connectivity index (χ2n) is 4.21. The van der Waals surface area contributed by atoms with Crippen LogP contribution in [0.3, 0.4) is 0 Å². The lowest BCUT2D eigenvalue weighted by atomic mass is 10.0. The first-order valence-corrected chi connectivity index (χ1v) is 5.37. The standard InChI is InChI=1S/C13H14O4/c1-7(2)8-4-9-6-11(13(14)15)17-12(9)10(5-8)16-3/h4-7H,1-3H3,(H,14,15). The van der Waals surface area contributed by atoms with Crippen molar-refractivity contribution in [2.24, 2.45) is 0 Å². The highest BCUT2D eigenvalue weighted by molar-refractivity contribution is 5.93. The van der Waals surface area contributed by atoms with E-state index in [9.17, 15) is 4.79 Å². The van der Waals surface area contributed by atoms with Crippen LogP contribution in [0.2, 0.25) is 0 Å². The molecule has 4 nitrogen and oxygen atoms in total. The number of carboxylic acids is 1. The Kier molecular flexibility index (Phi) is 2.79. The van der Waals surface area contributed by atoms with Gasteiger partial charge in [-0.2, -0.15) is 0 Å². The molecule has 0 saturated carbocycles. The highest BCUT2D eigenvalue weighted by Crippen LogP contribution is 2.32. The molecule has 0 spiro atoms. The van der Waals surface area contributed by atoms with Crippen LogP contribution < -0.4 is 4.74 Å². The zero-order valence-electron chi connectivity index (χ0n) is 9.98. The molecular formula is C13H14O4. The lowest BCUT2D eigenvalue weighted by Gasteiger charge is -2.08. The molecule has 1 N–H and O–H groups in total. The van der Waals surface area contributed by atoms with Gasteiger partial charge in [0.05, 0.1) is 7.11 Å². The van der Waals surface area contributed by atoms with Crippen LogP contribution in [0.5, 0.6) is 5.75 Å². The first-order chi connectivity index (χ1) is 8.02. The van der Waals surface area contributed by atoms with Gasteiger partial charge in [0.1, 0.15) is 0 Å². The molecule has 0 atom stereocenters. The van der Waals surface area contributed by atoms with Crippen molar-refractivity contribution in [2.45, 2.75) is 19.8 Å². The Labute approximate surface area is 98.8 Å². The minimum atomic E-state index is -1.07. The van der Waals surface area contributed by atoms with Crippen LogP contribution >= 0.6 is 0 Å². The summed E-state index contributed by atoms with van der Waals surface area (Å²) in [6, 6.07) is 5.33. The fourth-order valence-corrected chi connectivity index (χ4v) is 1.73. The van der Waals surface area contributed by atoms with Crippen molar-refractivity contribution >= 4 is 16.9 Å². The smallest absolute Gasteiger partial charge is 0.371 e. The normalized spacial score (nSPS) is 11.1. The molecule has 0 fully saturated rings. The number of fused-ring (bicyclic) bond motifs is 1. The zero-order valence-corrected chi connectivity index (χ0v) is 9.98. The number of carbonyl (C=O) groups is 1. The van der Waals surface area contributed by atoms with Crippen LogP contribution in [-0.4, -0.2) is 18.2 Å². The second-order valence-corrected chi connectivity index (χ2v) is 4.21. The van der Waals surface area contributed by atoms with Gasteiger partial charge < -0.3 is 14.3 Å². The number of rotatable bonds is 3. The number of hydrogen-bond donors (Lipinski definition) is 1. The minimum absolute atomic E-state index is 0.0702. The van der Waals surface area contributed by atoms with E-state index in [1.807, 2.05) is 12.1 Å². The van der Waals surface area contributed by atoms with Crippen molar-refractivity contribution in [3.05, 3.63) is 29.5 Å². The SMILES string of the molecule is COc1cc(C(C)C)cc2cc(C(=O)O)oc12. The van der Waals surface area contributed by atoms with E-state index in [0.717, 1.165) is 10.9 Å². The average molecular weight is 234 g/mol. The molecule has 90 valence electrons. The van der Waals surface area contributed by atoms with Gasteiger partial charge in [-0.25, -0.2) is 4.79 Å². The Morgan fingerprint density at radius 3 is 2.59 bits per heavy atom. The summed E-state index contributed by atoms with van der Waals surface area (Å²) >= 11 is 0. The van der Waals surface area contributed by atoms with Gasteiger partial charge in [0.2, 0.25) is 5.76 Å². The lowest BCUT2D eigenvalue weighted by molar-refractivity contribution is 0.0665. The number of methoxy groups -OCH3 is 1. The van der Waals surface area contributed by atoms with Gasteiger partial charge in [-0.3, -0.25) is 0 Å². The first-order valence-electron chi connectivity index (χ1n) is 5.37. The number of hydrogen-bond acceptors (Lipinski definition) is 3. The molecule has 1 aromatic heterocycles. The van der Waals surface area contributed by atoms with Gasteiger partial charge >= 0.3 is 5.97 Å². The van der Waals surface area contributed by atoms with Crippen LogP contribution in [-0.2, 0) is 0 Å². The molecule has 4 heteroatoms. The minimum Gasteiger partial charge on any atom is -0.493 e. The summed E-state index contributed by atoms with van der Waals surface area (Å²) in [6.07, 6.45) is 0. The monoisotopic (exact) mass is 234 g/mol. The molecule has 0 aliphatic rings. The predicted octanol–water partition coefficient (Wildman–Crippen LogP) is 3.26.